The molecule has 64 heavy (non-hydrogen) atoms. The minimum Gasteiger partial charge on any atom is -0.460 e. The van der Waals surface area contributed by atoms with E-state index in [9.17, 15) is 44.4 Å². The number of carbonyl (C=O) groups excluding carboxylic acids is 5. The van der Waals surface area contributed by atoms with Crippen LogP contribution in [0.1, 0.15) is 126 Å². The molecule has 2 saturated heterocycles. The van der Waals surface area contributed by atoms with Crippen molar-refractivity contribution in [3.8, 4) is 0 Å². The second-order valence-corrected chi connectivity index (χ2v) is 19.4. The normalized spacial score (nSPS) is 38.2. The van der Waals surface area contributed by atoms with E-state index in [0.29, 0.717) is 64.2 Å². The fraction of sp³-hybridized carbons (Fsp3) is 0.740. The number of rotatable bonds is 5. The van der Waals surface area contributed by atoms with Gasteiger partial charge in [0.25, 0.3) is 11.7 Å². The van der Waals surface area contributed by atoms with Crippen LogP contribution < -0.4 is 0 Å². The number of hydrogen-bond acceptors (Lipinski definition) is 13. The van der Waals surface area contributed by atoms with Gasteiger partial charge in [-0.3, -0.25) is 19.2 Å². The molecule has 15 atom stereocenters. The summed E-state index contributed by atoms with van der Waals surface area (Å²) < 4.78 is 23.7. The number of ether oxygens (including phenoxy) is 4. The third-order valence-electron chi connectivity index (χ3n) is 14.2. The second kappa shape index (κ2) is 24.4. The number of Topliss-reactive ketones (excluding diaryl/α,β-unsaturated/α-hetero) is 3. The lowest BCUT2D eigenvalue weighted by molar-refractivity contribution is -0.265. The highest BCUT2D eigenvalue weighted by molar-refractivity contribution is 6.39. The van der Waals surface area contributed by atoms with Crippen LogP contribution in [-0.4, -0.2) is 130 Å². The predicted molar refractivity (Wildman–Crippen MR) is 240 cm³/mol. The van der Waals surface area contributed by atoms with Gasteiger partial charge in [0.05, 0.1) is 30.5 Å². The fourth-order valence-corrected chi connectivity index (χ4v) is 9.90. The molecule has 4 N–H and O–H groups in total. The van der Waals surface area contributed by atoms with Crippen LogP contribution in [0.2, 0.25) is 0 Å². The maximum atomic E-state index is 14.3. The van der Waals surface area contributed by atoms with Crippen molar-refractivity contribution in [1.82, 2.24) is 4.90 Å². The molecule has 360 valence electrons. The molecule has 0 aromatic carbocycles. The van der Waals surface area contributed by atoms with E-state index >= 15 is 0 Å². The molecule has 2 unspecified atom stereocenters. The van der Waals surface area contributed by atoms with Gasteiger partial charge >= 0.3 is 5.97 Å². The summed E-state index contributed by atoms with van der Waals surface area (Å²) in [6, 6.07) is -1.16. The first-order chi connectivity index (χ1) is 30.2. The smallest absolute Gasteiger partial charge is 0.329 e. The molecule has 3 heterocycles. The zero-order valence-corrected chi connectivity index (χ0v) is 39.6. The van der Waals surface area contributed by atoms with Gasteiger partial charge in [-0.15, -0.1) is 0 Å². The summed E-state index contributed by atoms with van der Waals surface area (Å²) in [4.78, 5) is 71.5. The van der Waals surface area contributed by atoms with E-state index in [2.05, 4.69) is 0 Å². The molecule has 0 radical (unpaired) electrons. The number of carbonyl (C=O) groups is 5. The number of amides is 1. The highest BCUT2D eigenvalue weighted by atomic mass is 16.6. The SMILES string of the molecule is CO[C@H]1C[C@@H]2CC[C@@H](C)[C@@](O)(O2)C(=O)C(=O)N2CCCC[C@H]2C(=O)O[C@H]([C@H](C)CC2CC[C@@H](O)[C@H](O)C2)CC(=O)C(C)=CC(C)[C@@H](O)[C@@H](OC)C(=O)[C@H](C)C[C@H](C)C=CC=CC=C1C. The van der Waals surface area contributed by atoms with E-state index in [4.69, 9.17) is 18.9 Å². The van der Waals surface area contributed by atoms with Gasteiger partial charge in [0.2, 0.25) is 5.79 Å². The molecule has 1 saturated carbocycles. The van der Waals surface area contributed by atoms with Gasteiger partial charge < -0.3 is 44.3 Å². The Morgan fingerprint density at radius 1 is 0.859 bits per heavy atom. The highest BCUT2D eigenvalue weighted by Gasteiger charge is 2.53. The number of fused-ring (bicyclic) bond motifs is 3. The zero-order chi connectivity index (χ0) is 47.5. The van der Waals surface area contributed by atoms with Crippen LogP contribution in [0.25, 0.3) is 0 Å². The van der Waals surface area contributed by atoms with E-state index < -0.39 is 95.9 Å². The largest absolute Gasteiger partial charge is 0.460 e. The molecule has 3 aliphatic heterocycles. The number of aliphatic hydroxyl groups is 4. The lowest BCUT2D eigenvalue weighted by Crippen LogP contribution is -2.61. The van der Waals surface area contributed by atoms with Crippen molar-refractivity contribution in [3.63, 3.8) is 0 Å². The molecule has 4 rings (SSSR count). The molecule has 14 heteroatoms. The Morgan fingerprint density at radius 2 is 1.58 bits per heavy atom. The Bertz CT molecular complexity index is 1740. The van der Waals surface area contributed by atoms with Crippen molar-refractivity contribution in [3.05, 3.63) is 47.6 Å². The highest BCUT2D eigenvalue weighted by Crippen LogP contribution is 2.37. The lowest BCUT2D eigenvalue weighted by Gasteiger charge is -2.42. The molecule has 3 fully saturated rings. The Balaban J connectivity index is 1.70. The van der Waals surface area contributed by atoms with Crippen LogP contribution >= 0.6 is 0 Å². The first-order valence-electron chi connectivity index (χ1n) is 23.5. The molecule has 0 spiro atoms. The summed E-state index contributed by atoms with van der Waals surface area (Å²) in [5.41, 5.74) is 1.16. The summed E-state index contributed by atoms with van der Waals surface area (Å²) in [5, 5.41) is 43.9. The van der Waals surface area contributed by atoms with Gasteiger partial charge in [0, 0.05) is 51.4 Å². The number of nitrogens with zero attached hydrogens (tertiary/aromatic N) is 1. The number of aliphatic hydroxyl groups excluding tert-OH is 3. The molecule has 1 aliphatic carbocycles. The van der Waals surface area contributed by atoms with Crippen LogP contribution in [-0.2, 0) is 42.9 Å². The van der Waals surface area contributed by atoms with Gasteiger partial charge in [-0.1, -0.05) is 71.1 Å². The van der Waals surface area contributed by atoms with Crippen LogP contribution in [0.4, 0.5) is 0 Å². The maximum Gasteiger partial charge on any atom is 0.329 e. The molecule has 2 bridgehead atoms. The van der Waals surface area contributed by atoms with E-state index in [1.165, 1.54) is 12.0 Å². The number of ketones is 3. The van der Waals surface area contributed by atoms with Crippen LogP contribution in [0, 0.1) is 35.5 Å². The molecule has 0 aromatic heterocycles. The average molecular weight is 900 g/mol. The van der Waals surface area contributed by atoms with Gasteiger partial charge in [0.1, 0.15) is 18.2 Å². The van der Waals surface area contributed by atoms with E-state index in [1.54, 1.807) is 34.0 Å². The Hall–Kier alpha value is -3.37. The van der Waals surface area contributed by atoms with Gasteiger partial charge in [-0.25, -0.2) is 4.79 Å². The molecule has 1 amide bonds. The van der Waals surface area contributed by atoms with E-state index in [-0.39, 0.29) is 48.4 Å². The Labute approximate surface area is 380 Å². The monoisotopic (exact) mass is 900 g/mol. The number of hydrogen-bond donors (Lipinski definition) is 4. The van der Waals surface area contributed by atoms with Crippen molar-refractivity contribution < 1.29 is 63.3 Å². The molecule has 0 aromatic rings. The summed E-state index contributed by atoms with van der Waals surface area (Å²) >= 11 is 0. The summed E-state index contributed by atoms with van der Waals surface area (Å²) in [6.07, 6.45) is 9.65. The van der Waals surface area contributed by atoms with E-state index in [0.717, 1.165) is 5.57 Å². The third kappa shape index (κ3) is 13.8. The molecular formula is C50H77NO13. The Morgan fingerprint density at radius 3 is 2.25 bits per heavy atom. The van der Waals surface area contributed by atoms with Crippen LogP contribution in [0.5, 0.6) is 0 Å². The minimum absolute atomic E-state index is 0.0161. The Kier molecular flexibility index (Phi) is 20.3. The molecule has 4 aliphatic rings. The second-order valence-electron chi connectivity index (χ2n) is 19.4. The van der Waals surface area contributed by atoms with Gasteiger partial charge in [0.15, 0.2) is 11.6 Å². The van der Waals surface area contributed by atoms with E-state index in [1.807, 2.05) is 58.1 Å². The zero-order valence-electron chi connectivity index (χ0n) is 39.6. The molecule has 14 nitrogen and oxygen atoms in total. The third-order valence-corrected chi connectivity index (χ3v) is 14.2. The first kappa shape index (κ1) is 53.2. The number of esters is 1. The number of cyclic esters (lactones) is 1. The van der Waals surface area contributed by atoms with Crippen molar-refractivity contribution >= 4 is 29.2 Å². The number of allylic oxidation sites excluding steroid dienone is 6. The summed E-state index contributed by atoms with van der Waals surface area (Å²) in [5.74, 6) is -8.26. The van der Waals surface area contributed by atoms with Crippen molar-refractivity contribution in [2.24, 2.45) is 35.5 Å². The topological polar surface area (TPSA) is 206 Å². The average Bonchev–Trinajstić information content (AvgIpc) is 3.26. The van der Waals surface area contributed by atoms with Crippen LogP contribution in [0.3, 0.4) is 0 Å². The summed E-state index contributed by atoms with van der Waals surface area (Å²) in [6.45, 7) is 12.6. The van der Waals surface area contributed by atoms with Crippen molar-refractivity contribution in [2.45, 2.75) is 180 Å². The van der Waals surface area contributed by atoms with Gasteiger partial charge in [-0.05, 0) is 107 Å². The first-order valence-corrected chi connectivity index (χ1v) is 23.5. The summed E-state index contributed by atoms with van der Waals surface area (Å²) in [7, 11) is 2.94. The predicted octanol–water partition coefficient (Wildman–Crippen LogP) is 5.53. The van der Waals surface area contributed by atoms with Crippen molar-refractivity contribution in [2.75, 3.05) is 20.8 Å². The maximum absolute atomic E-state index is 14.3. The molecular weight excluding hydrogens is 823 g/mol. The minimum atomic E-state index is -2.44. The van der Waals surface area contributed by atoms with Gasteiger partial charge in [-0.2, -0.15) is 0 Å². The van der Waals surface area contributed by atoms with Crippen molar-refractivity contribution in [1.29, 1.82) is 0 Å². The fourth-order valence-electron chi connectivity index (χ4n) is 9.90. The number of methoxy groups -OCH3 is 2. The van der Waals surface area contributed by atoms with Crippen LogP contribution in [0.15, 0.2) is 47.6 Å². The lowest BCUT2D eigenvalue weighted by atomic mass is 9.78. The number of piperidine rings is 1. The quantitative estimate of drug-likeness (QED) is 0.198. The standard InChI is InChI=1S/C50H77NO13/c1-29-15-11-10-12-16-30(2)42(61-8)27-37-20-18-35(7)50(60,64-37)47(57)48(58)51-22-14-13-17-38(51)49(59)63-43(32(4)25-36-19-21-39(52)41(54)26-36)28-40(53)31(3)24-34(6)45(56)46(62-9)44(55)33(5)23-29/h10-12,15-16,24,29,32-39,41-43,45-46,52,54,56,60H,13-14,17-23,25-28H2,1-9H3/t29-,32-,33-,34?,35-,36?,37+,38+,39-,41-,42+,43+,45-,46+,50-/m1/s1.